The van der Waals surface area contributed by atoms with E-state index in [4.69, 9.17) is 4.74 Å². The van der Waals surface area contributed by atoms with Crippen LogP contribution >= 0.6 is 0 Å². The standard InChI is InChI=1S/C23H30N2O2/c1-19-7-5-10-22(17-19)27-16-6-11-23(26)24-21-12-14-25(15-13-21)18-20-8-3-2-4-9-20/h2-5,7-10,17,21H,6,11-16,18H2,1H3,(H,24,26). The minimum Gasteiger partial charge on any atom is -0.494 e. The number of ether oxygens (including phenoxy) is 1. The summed E-state index contributed by atoms with van der Waals surface area (Å²) < 4.78 is 5.71. The minimum atomic E-state index is 0.143. The second-order valence-corrected chi connectivity index (χ2v) is 7.37. The molecule has 2 aromatic rings. The van der Waals surface area contributed by atoms with Crippen molar-refractivity contribution in [3.05, 3.63) is 65.7 Å². The minimum absolute atomic E-state index is 0.143. The lowest BCUT2D eigenvalue weighted by molar-refractivity contribution is -0.122. The van der Waals surface area contributed by atoms with Crippen LogP contribution < -0.4 is 10.1 Å². The highest BCUT2D eigenvalue weighted by Crippen LogP contribution is 2.15. The Balaban J connectivity index is 1.29. The van der Waals surface area contributed by atoms with Crippen molar-refractivity contribution in [3.63, 3.8) is 0 Å². The van der Waals surface area contributed by atoms with Gasteiger partial charge in [0, 0.05) is 32.1 Å². The Kier molecular flexibility index (Phi) is 7.28. The van der Waals surface area contributed by atoms with Crippen LogP contribution in [-0.2, 0) is 11.3 Å². The van der Waals surface area contributed by atoms with E-state index in [2.05, 4.69) is 40.5 Å². The summed E-state index contributed by atoms with van der Waals surface area (Å²) in [6.07, 6.45) is 3.32. The molecule has 0 radical (unpaired) electrons. The average molecular weight is 367 g/mol. The fourth-order valence-corrected chi connectivity index (χ4v) is 3.50. The van der Waals surface area contributed by atoms with Crippen molar-refractivity contribution in [1.29, 1.82) is 0 Å². The number of amides is 1. The maximum absolute atomic E-state index is 12.2. The molecule has 1 N–H and O–H groups in total. The van der Waals surface area contributed by atoms with Crippen LogP contribution in [0.5, 0.6) is 5.75 Å². The monoisotopic (exact) mass is 366 g/mol. The number of piperidine rings is 1. The van der Waals surface area contributed by atoms with E-state index < -0.39 is 0 Å². The highest BCUT2D eigenvalue weighted by Gasteiger charge is 2.20. The highest BCUT2D eigenvalue weighted by molar-refractivity contribution is 5.76. The molecule has 0 unspecified atom stereocenters. The van der Waals surface area contributed by atoms with Crippen LogP contribution in [0.25, 0.3) is 0 Å². The van der Waals surface area contributed by atoms with Gasteiger partial charge < -0.3 is 10.1 Å². The molecule has 2 aromatic carbocycles. The SMILES string of the molecule is Cc1cccc(OCCCC(=O)NC2CCN(Cc3ccccc3)CC2)c1. The van der Waals surface area contributed by atoms with E-state index in [1.54, 1.807) is 0 Å². The molecule has 27 heavy (non-hydrogen) atoms. The summed E-state index contributed by atoms with van der Waals surface area (Å²) in [6, 6.07) is 18.9. The summed E-state index contributed by atoms with van der Waals surface area (Å²) in [5.74, 6) is 1.02. The fourth-order valence-electron chi connectivity index (χ4n) is 3.50. The smallest absolute Gasteiger partial charge is 0.220 e. The quantitative estimate of drug-likeness (QED) is 0.720. The van der Waals surface area contributed by atoms with Crippen LogP contribution in [0, 0.1) is 6.92 Å². The predicted octanol–water partition coefficient (Wildman–Crippen LogP) is 3.93. The Morgan fingerprint density at radius 3 is 2.63 bits per heavy atom. The molecule has 0 atom stereocenters. The summed E-state index contributed by atoms with van der Waals surface area (Å²) in [4.78, 5) is 14.6. The summed E-state index contributed by atoms with van der Waals surface area (Å²) in [6.45, 7) is 5.70. The van der Waals surface area contributed by atoms with Crippen molar-refractivity contribution >= 4 is 5.91 Å². The topological polar surface area (TPSA) is 41.6 Å². The largest absolute Gasteiger partial charge is 0.494 e. The molecule has 1 aliphatic rings. The molecule has 1 heterocycles. The van der Waals surface area contributed by atoms with Gasteiger partial charge in [-0.2, -0.15) is 0 Å². The van der Waals surface area contributed by atoms with Gasteiger partial charge in [0.25, 0.3) is 0 Å². The summed E-state index contributed by atoms with van der Waals surface area (Å²) in [7, 11) is 0. The Bertz CT molecular complexity index is 709. The zero-order chi connectivity index (χ0) is 18.9. The van der Waals surface area contributed by atoms with Gasteiger partial charge in [0.05, 0.1) is 6.61 Å². The number of nitrogens with zero attached hydrogens (tertiary/aromatic N) is 1. The Morgan fingerprint density at radius 2 is 1.89 bits per heavy atom. The third kappa shape index (κ3) is 6.72. The zero-order valence-corrected chi connectivity index (χ0v) is 16.2. The molecule has 1 saturated heterocycles. The Morgan fingerprint density at radius 1 is 1.11 bits per heavy atom. The molecule has 1 amide bonds. The molecule has 0 saturated carbocycles. The molecular weight excluding hydrogens is 336 g/mol. The number of carbonyl (C=O) groups excluding carboxylic acids is 1. The fraction of sp³-hybridized carbons (Fsp3) is 0.435. The number of benzene rings is 2. The van der Waals surface area contributed by atoms with Gasteiger partial charge in [0.15, 0.2) is 0 Å². The zero-order valence-electron chi connectivity index (χ0n) is 16.2. The second-order valence-electron chi connectivity index (χ2n) is 7.37. The average Bonchev–Trinajstić information content (AvgIpc) is 2.68. The number of carbonyl (C=O) groups is 1. The van der Waals surface area contributed by atoms with E-state index >= 15 is 0 Å². The molecule has 3 rings (SSSR count). The molecule has 4 heteroatoms. The summed E-state index contributed by atoms with van der Waals surface area (Å²) in [5.41, 5.74) is 2.54. The number of aryl methyl sites for hydroxylation is 1. The number of hydrogen-bond acceptors (Lipinski definition) is 3. The highest BCUT2D eigenvalue weighted by atomic mass is 16.5. The lowest BCUT2D eigenvalue weighted by Gasteiger charge is -2.32. The molecule has 144 valence electrons. The van der Waals surface area contributed by atoms with Crippen molar-refractivity contribution in [2.45, 2.75) is 45.2 Å². The normalized spacial score (nSPS) is 15.4. The van der Waals surface area contributed by atoms with Crippen LogP contribution in [0.2, 0.25) is 0 Å². The van der Waals surface area contributed by atoms with Crippen molar-refractivity contribution in [1.82, 2.24) is 10.2 Å². The first-order valence-electron chi connectivity index (χ1n) is 9.94. The molecule has 0 bridgehead atoms. The third-order valence-corrected chi connectivity index (χ3v) is 5.01. The van der Waals surface area contributed by atoms with E-state index in [0.29, 0.717) is 19.1 Å². The van der Waals surface area contributed by atoms with Gasteiger partial charge in [-0.15, -0.1) is 0 Å². The number of hydrogen-bond donors (Lipinski definition) is 1. The van der Waals surface area contributed by atoms with Crippen molar-refractivity contribution in [2.75, 3.05) is 19.7 Å². The van der Waals surface area contributed by atoms with Gasteiger partial charge in [-0.3, -0.25) is 9.69 Å². The van der Waals surface area contributed by atoms with Crippen LogP contribution in [-0.4, -0.2) is 36.5 Å². The van der Waals surface area contributed by atoms with Crippen LogP contribution in [0.15, 0.2) is 54.6 Å². The van der Waals surface area contributed by atoms with E-state index in [9.17, 15) is 4.79 Å². The Labute approximate surface area is 162 Å². The third-order valence-electron chi connectivity index (χ3n) is 5.01. The van der Waals surface area contributed by atoms with Crippen molar-refractivity contribution in [3.8, 4) is 5.75 Å². The summed E-state index contributed by atoms with van der Waals surface area (Å²) >= 11 is 0. The van der Waals surface area contributed by atoms with Gasteiger partial charge in [-0.25, -0.2) is 0 Å². The first kappa shape index (κ1) is 19.4. The molecule has 1 fully saturated rings. The number of likely N-dealkylation sites (tertiary alicyclic amines) is 1. The van der Waals surface area contributed by atoms with Crippen molar-refractivity contribution in [2.24, 2.45) is 0 Å². The van der Waals surface area contributed by atoms with Gasteiger partial charge in [-0.05, 0) is 49.4 Å². The van der Waals surface area contributed by atoms with Crippen molar-refractivity contribution < 1.29 is 9.53 Å². The van der Waals surface area contributed by atoms with Gasteiger partial charge in [-0.1, -0.05) is 42.5 Å². The van der Waals surface area contributed by atoms with Gasteiger partial charge in [0.2, 0.25) is 5.91 Å². The summed E-state index contributed by atoms with van der Waals surface area (Å²) in [5, 5.41) is 3.19. The second kappa shape index (κ2) is 10.1. The van der Waals surface area contributed by atoms with E-state index in [1.807, 2.05) is 31.2 Å². The lowest BCUT2D eigenvalue weighted by atomic mass is 10.0. The Hall–Kier alpha value is -2.33. The molecule has 4 nitrogen and oxygen atoms in total. The van der Waals surface area contributed by atoms with Gasteiger partial charge >= 0.3 is 0 Å². The maximum atomic E-state index is 12.2. The molecule has 0 spiro atoms. The molecule has 1 aliphatic heterocycles. The first-order chi connectivity index (χ1) is 13.2. The van der Waals surface area contributed by atoms with E-state index in [-0.39, 0.29) is 5.91 Å². The predicted molar refractivity (Wildman–Crippen MR) is 109 cm³/mol. The van der Waals surface area contributed by atoms with Crippen LogP contribution in [0.4, 0.5) is 0 Å². The molecule has 0 aliphatic carbocycles. The molecule has 0 aromatic heterocycles. The maximum Gasteiger partial charge on any atom is 0.220 e. The van der Waals surface area contributed by atoms with Gasteiger partial charge in [0.1, 0.15) is 5.75 Å². The lowest BCUT2D eigenvalue weighted by Crippen LogP contribution is -2.44. The first-order valence-corrected chi connectivity index (χ1v) is 9.94. The van der Waals surface area contributed by atoms with Crippen LogP contribution in [0.3, 0.4) is 0 Å². The molecular formula is C23H30N2O2. The number of rotatable bonds is 8. The van der Waals surface area contributed by atoms with E-state index in [0.717, 1.165) is 44.6 Å². The van der Waals surface area contributed by atoms with Crippen LogP contribution in [0.1, 0.15) is 36.8 Å². The van der Waals surface area contributed by atoms with E-state index in [1.165, 1.54) is 11.1 Å². The number of nitrogens with one attached hydrogen (secondary N) is 1.